The van der Waals surface area contributed by atoms with Gasteiger partial charge in [0, 0.05) is 10.0 Å². The number of benzene rings is 2. The third kappa shape index (κ3) is 4.18. The molecule has 0 radical (unpaired) electrons. The molecule has 2 aromatic carbocycles. The molecule has 154 valence electrons. The highest BCUT2D eigenvalue weighted by Gasteiger charge is 2.34. The summed E-state index contributed by atoms with van der Waals surface area (Å²) in [5, 5.41) is 11.7. The summed E-state index contributed by atoms with van der Waals surface area (Å²) in [4.78, 5) is 37.9. The maximum atomic E-state index is 13.0. The molecule has 0 bridgehead atoms. The van der Waals surface area contributed by atoms with E-state index in [-0.39, 0.29) is 22.0 Å². The lowest BCUT2D eigenvalue weighted by Gasteiger charge is -2.28. The zero-order valence-corrected chi connectivity index (χ0v) is 18.1. The maximum absolute atomic E-state index is 13.0. The van der Waals surface area contributed by atoms with Crippen molar-refractivity contribution >= 4 is 62.8 Å². The van der Waals surface area contributed by atoms with Crippen molar-refractivity contribution in [2.45, 2.75) is 0 Å². The molecule has 0 aliphatic carbocycles. The van der Waals surface area contributed by atoms with Gasteiger partial charge < -0.3 is 9.52 Å². The average Bonchev–Trinajstić information content (AvgIpc) is 3.21. The van der Waals surface area contributed by atoms with Gasteiger partial charge in [-0.1, -0.05) is 28.1 Å². The van der Waals surface area contributed by atoms with Crippen LogP contribution in [0.4, 0.5) is 5.69 Å². The van der Waals surface area contributed by atoms with E-state index >= 15 is 0 Å². The molecule has 1 fully saturated rings. The van der Waals surface area contributed by atoms with Gasteiger partial charge in [-0.2, -0.15) is 0 Å². The minimum absolute atomic E-state index is 0.0138. The summed E-state index contributed by atoms with van der Waals surface area (Å²) in [6.07, 6.45) is 1.33. The Kier molecular flexibility index (Phi) is 5.53. The Labute approximate surface area is 190 Å². The van der Waals surface area contributed by atoms with E-state index in [9.17, 15) is 14.4 Å². The van der Waals surface area contributed by atoms with Crippen molar-refractivity contribution in [2.75, 3.05) is 4.90 Å². The molecule has 1 aromatic heterocycles. The van der Waals surface area contributed by atoms with Gasteiger partial charge in [-0.15, -0.1) is 0 Å². The quantitative estimate of drug-likeness (QED) is 0.318. The van der Waals surface area contributed by atoms with Crippen LogP contribution in [0.15, 0.2) is 75.1 Å². The van der Waals surface area contributed by atoms with Crippen LogP contribution in [0.2, 0.25) is 0 Å². The van der Waals surface area contributed by atoms with Crippen molar-refractivity contribution < 1.29 is 23.9 Å². The Morgan fingerprint density at radius 2 is 1.84 bits per heavy atom. The van der Waals surface area contributed by atoms with Crippen molar-refractivity contribution in [2.24, 2.45) is 0 Å². The molecule has 1 aliphatic rings. The van der Waals surface area contributed by atoms with Crippen molar-refractivity contribution in [3.8, 4) is 11.3 Å². The van der Waals surface area contributed by atoms with E-state index in [0.717, 1.165) is 4.47 Å². The summed E-state index contributed by atoms with van der Waals surface area (Å²) >= 11 is 8.51. The van der Waals surface area contributed by atoms with E-state index in [1.54, 1.807) is 48.5 Å². The number of carbonyl (C=O) groups excluding carboxylic acids is 2. The lowest BCUT2D eigenvalue weighted by molar-refractivity contribution is -0.122. The molecule has 0 unspecified atom stereocenters. The van der Waals surface area contributed by atoms with E-state index < -0.39 is 17.8 Å². The third-order valence-corrected chi connectivity index (χ3v) is 5.31. The highest BCUT2D eigenvalue weighted by Crippen LogP contribution is 2.27. The van der Waals surface area contributed by atoms with Gasteiger partial charge in [-0.25, -0.2) is 4.79 Å². The predicted molar refractivity (Wildman–Crippen MR) is 121 cm³/mol. The fraction of sp³-hybridized carbons (Fsp3) is 0. The predicted octanol–water partition coefficient (Wildman–Crippen LogP) is 4.24. The fourth-order valence-electron chi connectivity index (χ4n) is 3.02. The first-order chi connectivity index (χ1) is 14.8. The molecule has 0 atom stereocenters. The van der Waals surface area contributed by atoms with Crippen LogP contribution in [0, 0.1) is 0 Å². The molecule has 31 heavy (non-hydrogen) atoms. The van der Waals surface area contributed by atoms with Gasteiger partial charge >= 0.3 is 5.97 Å². The number of hydrogen-bond acceptors (Lipinski definition) is 5. The number of nitrogens with one attached hydrogen (secondary N) is 1. The molecule has 2 N–H and O–H groups in total. The number of carboxylic acids is 1. The molecule has 1 aliphatic heterocycles. The summed E-state index contributed by atoms with van der Waals surface area (Å²) < 4.78 is 6.56. The van der Waals surface area contributed by atoms with Crippen LogP contribution in [-0.4, -0.2) is 28.0 Å². The summed E-state index contributed by atoms with van der Waals surface area (Å²) in [5.74, 6) is -1.60. The summed E-state index contributed by atoms with van der Waals surface area (Å²) in [6, 6.07) is 16.4. The second-order valence-electron chi connectivity index (χ2n) is 6.52. The maximum Gasteiger partial charge on any atom is 0.335 e. The summed E-state index contributed by atoms with van der Waals surface area (Å²) in [5.41, 5.74) is 1.04. The molecule has 0 spiro atoms. The summed E-state index contributed by atoms with van der Waals surface area (Å²) in [7, 11) is 0. The molecule has 1 saturated heterocycles. The van der Waals surface area contributed by atoms with Crippen molar-refractivity contribution in [1.82, 2.24) is 5.32 Å². The Hall–Kier alpha value is -3.56. The van der Waals surface area contributed by atoms with E-state index in [4.69, 9.17) is 21.7 Å². The highest BCUT2D eigenvalue weighted by atomic mass is 79.9. The van der Waals surface area contributed by atoms with Crippen LogP contribution in [0.5, 0.6) is 0 Å². The number of carboxylic acid groups (broad SMARTS) is 1. The first kappa shape index (κ1) is 20.7. The second kappa shape index (κ2) is 8.29. The van der Waals surface area contributed by atoms with Gasteiger partial charge in [0.1, 0.15) is 17.1 Å². The lowest BCUT2D eigenvalue weighted by Crippen LogP contribution is -2.54. The monoisotopic (exact) mass is 496 g/mol. The number of furan rings is 1. The largest absolute Gasteiger partial charge is 0.478 e. The molecule has 2 heterocycles. The zero-order chi connectivity index (χ0) is 22.1. The van der Waals surface area contributed by atoms with Crippen molar-refractivity contribution in [1.29, 1.82) is 0 Å². The van der Waals surface area contributed by atoms with E-state index in [2.05, 4.69) is 21.2 Å². The highest BCUT2D eigenvalue weighted by molar-refractivity contribution is 9.10. The lowest BCUT2D eigenvalue weighted by atomic mass is 10.1. The van der Waals surface area contributed by atoms with Crippen LogP contribution in [-0.2, 0) is 9.59 Å². The fourth-order valence-corrected chi connectivity index (χ4v) is 3.56. The average molecular weight is 497 g/mol. The Morgan fingerprint density at radius 1 is 1.10 bits per heavy atom. The molecule has 2 amide bonds. The Balaban J connectivity index is 1.66. The number of amides is 2. The molecule has 0 saturated carbocycles. The van der Waals surface area contributed by atoms with E-state index in [1.165, 1.54) is 23.1 Å². The van der Waals surface area contributed by atoms with Crippen LogP contribution >= 0.6 is 28.1 Å². The topological polar surface area (TPSA) is 99.9 Å². The van der Waals surface area contributed by atoms with Gasteiger partial charge in [0.15, 0.2) is 5.11 Å². The number of anilines is 1. The molecule has 3 aromatic rings. The molecule has 9 heteroatoms. The minimum atomic E-state index is -1.05. The SMILES string of the molecule is O=C1NC(=S)N(c2ccc(Br)cc2)C(=O)C1=Cc1ccc(-c2cccc(C(=O)O)c2)o1. The van der Waals surface area contributed by atoms with Crippen molar-refractivity contribution in [3.05, 3.63) is 82.0 Å². The van der Waals surface area contributed by atoms with Crippen LogP contribution in [0.1, 0.15) is 16.1 Å². The van der Waals surface area contributed by atoms with Crippen LogP contribution < -0.4 is 10.2 Å². The molecule has 4 rings (SSSR count). The second-order valence-corrected chi connectivity index (χ2v) is 7.82. The number of carbonyl (C=O) groups is 3. The van der Waals surface area contributed by atoms with E-state index in [1.807, 2.05) is 0 Å². The van der Waals surface area contributed by atoms with E-state index in [0.29, 0.717) is 17.0 Å². The Bertz CT molecular complexity index is 1260. The van der Waals surface area contributed by atoms with Gasteiger partial charge in [0.05, 0.1) is 11.3 Å². The van der Waals surface area contributed by atoms with Gasteiger partial charge in [-0.05, 0) is 66.8 Å². The number of nitrogens with zero attached hydrogens (tertiary/aromatic N) is 1. The molecule has 7 nitrogen and oxygen atoms in total. The minimum Gasteiger partial charge on any atom is -0.478 e. The van der Waals surface area contributed by atoms with Gasteiger partial charge in [-0.3, -0.25) is 19.8 Å². The number of hydrogen-bond donors (Lipinski definition) is 2. The first-order valence-corrected chi connectivity index (χ1v) is 10.1. The van der Waals surface area contributed by atoms with Crippen molar-refractivity contribution in [3.63, 3.8) is 0 Å². The summed E-state index contributed by atoms with van der Waals surface area (Å²) in [6.45, 7) is 0. The van der Waals surface area contributed by atoms with Gasteiger partial charge in [0.25, 0.3) is 11.8 Å². The van der Waals surface area contributed by atoms with Crippen LogP contribution in [0.3, 0.4) is 0 Å². The number of rotatable bonds is 4. The first-order valence-electron chi connectivity index (χ1n) is 8.94. The molecular formula is C22H13BrN2O5S. The number of halogens is 1. The standard InChI is InChI=1S/C22H13BrN2O5S/c23-14-4-6-15(7-5-14)25-20(27)17(19(26)24-22(25)31)11-16-8-9-18(30-16)12-2-1-3-13(10-12)21(28)29/h1-11H,(H,28,29)(H,24,26,31). The number of thiocarbonyl (C=S) groups is 1. The third-order valence-electron chi connectivity index (χ3n) is 4.49. The van der Waals surface area contributed by atoms with Gasteiger partial charge in [0.2, 0.25) is 0 Å². The van der Waals surface area contributed by atoms with Crippen LogP contribution in [0.25, 0.3) is 17.4 Å². The molecular weight excluding hydrogens is 484 g/mol. The zero-order valence-electron chi connectivity index (χ0n) is 15.7. The Morgan fingerprint density at radius 3 is 2.55 bits per heavy atom. The number of aromatic carboxylic acids is 1. The smallest absolute Gasteiger partial charge is 0.335 e. The normalized spacial score (nSPS) is 15.3.